The normalized spacial score (nSPS) is 11.4. The minimum Gasteiger partial charge on any atom is -0.348 e. The summed E-state index contributed by atoms with van der Waals surface area (Å²) in [7, 11) is 0. The third kappa shape index (κ3) is 3.99. The Morgan fingerprint density at radius 3 is 2.70 bits per heavy atom. The number of carbonyl (C=O) groups excluding carboxylic acids is 1. The molecule has 0 aliphatic rings. The number of nitrogens with one attached hydrogen (secondary N) is 1. The number of rotatable bonds is 4. The Balaban J connectivity index is 1.95. The summed E-state index contributed by atoms with van der Waals surface area (Å²) in [6.07, 6.45) is 3.28. The summed E-state index contributed by atoms with van der Waals surface area (Å²) in [6, 6.07) is 6.07. The highest BCUT2D eigenvalue weighted by molar-refractivity contribution is 7.11. The fourth-order valence-corrected chi connectivity index (χ4v) is 2.44. The maximum Gasteiger partial charge on any atom is 0.244 e. The van der Waals surface area contributed by atoms with Gasteiger partial charge in [0.1, 0.15) is 5.82 Å². The lowest BCUT2D eigenvalue weighted by atomic mass is 10.1. The van der Waals surface area contributed by atoms with Crippen LogP contribution in [-0.4, -0.2) is 10.9 Å². The van der Waals surface area contributed by atoms with E-state index in [0.717, 1.165) is 21.0 Å². The second-order valence-electron chi connectivity index (χ2n) is 4.40. The largest absolute Gasteiger partial charge is 0.348 e. The van der Waals surface area contributed by atoms with Crippen LogP contribution in [0.5, 0.6) is 0 Å². The summed E-state index contributed by atoms with van der Waals surface area (Å²) in [5, 5.41) is 3.78. The van der Waals surface area contributed by atoms with E-state index in [9.17, 15) is 9.18 Å². The average molecular weight is 290 g/mol. The van der Waals surface area contributed by atoms with Gasteiger partial charge in [0.05, 0.1) is 11.6 Å². The third-order valence-corrected chi connectivity index (χ3v) is 3.67. The van der Waals surface area contributed by atoms with Crippen molar-refractivity contribution < 1.29 is 9.18 Å². The molecule has 2 rings (SSSR count). The van der Waals surface area contributed by atoms with E-state index in [-0.39, 0.29) is 11.7 Å². The molecular weight excluding hydrogens is 275 g/mol. The van der Waals surface area contributed by atoms with E-state index in [4.69, 9.17) is 0 Å². The van der Waals surface area contributed by atoms with E-state index in [2.05, 4.69) is 10.3 Å². The lowest BCUT2D eigenvalue weighted by molar-refractivity contribution is -0.116. The second-order valence-corrected chi connectivity index (χ2v) is 5.72. The number of aryl methyl sites for hydroxylation is 1. The molecule has 1 aromatic carbocycles. The number of nitrogens with zero attached hydrogens (tertiary/aromatic N) is 1. The van der Waals surface area contributed by atoms with Crippen molar-refractivity contribution in [3.8, 4) is 0 Å². The molecule has 20 heavy (non-hydrogen) atoms. The van der Waals surface area contributed by atoms with Gasteiger partial charge < -0.3 is 5.32 Å². The molecule has 0 saturated heterocycles. The molecule has 0 fully saturated rings. The van der Waals surface area contributed by atoms with Crippen molar-refractivity contribution >= 4 is 22.8 Å². The van der Waals surface area contributed by atoms with Crippen LogP contribution in [0.3, 0.4) is 0 Å². The zero-order valence-corrected chi connectivity index (χ0v) is 12.1. The lowest BCUT2D eigenvalue weighted by Crippen LogP contribution is -2.20. The second kappa shape index (κ2) is 6.43. The molecule has 0 bridgehead atoms. The highest BCUT2D eigenvalue weighted by atomic mass is 32.1. The molecule has 1 heterocycles. The third-order valence-electron chi connectivity index (χ3n) is 2.75. The minimum atomic E-state index is -0.286. The highest BCUT2D eigenvalue weighted by Crippen LogP contribution is 2.14. The van der Waals surface area contributed by atoms with Crippen molar-refractivity contribution in [1.82, 2.24) is 10.3 Å². The number of benzene rings is 1. The first-order valence-electron chi connectivity index (χ1n) is 6.18. The topological polar surface area (TPSA) is 42.0 Å². The van der Waals surface area contributed by atoms with Gasteiger partial charge in [0.25, 0.3) is 0 Å². The van der Waals surface area contributed by atoms with Crippen LogP contribution in [0, 0.1) is 12.7 Å². The lowest BCUT2D eigenvalue weighted by Gasteiger charge is -2.03. The van der Waals surface area contributed by atoms with Gasteiger partial charge in [0, 0.05) is 17.2 Å². The number of aromatic nitrogens is 1. The van der Waals surface area contributed by atoms with E-state index in [1.54, 1.807) is 29.7 Å². The molecule has 1 N–H and O–H groups in total. The summed E-state index contributed by atoms with van der Waals surface area (Å²) in [4.78, 5) is 16.9. The maximum atomic E-state index is 12.8. The van der Waals surface area contributed by atoms with Crippen LogP contribution in [0.25, 0.3) is 5.57 Å². The molecule has 0 aliphatic carbocycles. The fourth-order valence-electron chi connectivity index (χ4n) is 1.71. The van der Waals surface area contributed by atoms with Crippen LogP contribution >= 0.6 is 11.3 Å². The number of hydrogen-bond acceptors (Lipinski definition) is 3. The quantitative estimate of drug-likeness (QED) is 0.878. The van der Waals surface area contributed by atoms with Crippen molar-refractivity contribution in [3.05, 3.63) is 57.8 Å². The number of amides is 1. The first-order valence-corrected chi connectivity index (χ1v) is 6.99. The Labute approximate surface area is 121 Å². The molecule has 3 nitrogen and oxygen atoms in total. The minimum absolute atomic E-state index is 0.169. The predicted molar refractivity (Wildman–Crippen MR) is 78.7 cm³/mol. The SMILES string of the molecule is CC(=CC(=O)NCc1cnc(C)s1)c1ccc(F)cc1. The highest BCUT2D eigenvalue weighted by Gasteiger charge is 2.03. The monoisotopic (exact) mass is 290 g/mol. The summed E-state index contributed by atoms with van der Waals surface area (Å²) in [5.41, 5.74) is 1.62. The zero-order valence-electron chi connectivity index (χ0n) is 11.3. The van der Waals surface area contributed by atoms with E-state index in [0.29, 0.717) is 6.54 Å². The van der Waals surface area contributed by atoms with Crippen molar-refractivity contribution in [2.24, 2.45) is 0 Å². The van der Waals surface area contributed by atoms with Gasteiger partial charge in [0.15, 0.2) is 0 Å². The smallest absolute Gasteiger partial charge is 0.244 e. The molecule has 0 unspecified atom stereocenters. The van der Waals surface area contributed by atoms with Gasteiger partial charge in [-0.3, -0.25) is 4.79 Å². The Morgan fingerprint density at radius 2 is 2.10 bits per heavy atom. The van der Waals surface area contributed by atoms with Gasteiger partial charge in [-0.1, -0.05) is 12.1 Å². The molecule has 0 spiro atoms. The molecule has 104 valence electrons. The zero-order chi connectivity index (χ0) is 14.5. The summed E-state index contributed by atoms with van der Waals surface area (Å²) in [6.45, 7) is 4.22. The van der Waals surface area contributed by atoms with Crippen LogP contribution in [-0.2, 0) is 11.3 Å². The Kier molecular flexibility index (Phi) is 4.63. The Morgan fingerprint density at radius 1 is 1.40 bits per heavy atom. The Bertz CT molecular complexity index is 632. The first-order chi connectivity index (χ1) is 9.54. The number of carbonyl (C=O) groups is 1. The van der Waals surface area contributed by atoms with Crippen molar-refractivity contribution in [1.29, 1.82) is 0 Å². The van der Waals surface area contributed by atoms with Gasteiger partial charge in [-0.05, 0) is 37.1 Å². The van der Waals surface area contributed by atoms with Crippen molar-refractivity contribution in [3.63, 3.8) is 0 Å². The number of allylic oxidation sites excluding steroid dienone is 1. The average Bonchev–Trinajstić information content (AvgIpc) is 2.83. The number of halogens is 1. The molecule has 0 aliphatic heterocycles. The van der Waals surface area contributed by atoms with Gasteiger partial charge in [-0.2, -0.15) is 0 Å². The van der Waals surface area contributed by atoms with E-state index < -0.39 is 0 Å². The summed E-state index contributed by atoms with van der Waals surface area (Å²) >= 11 is 1.56. The van der Waals surface area contributed by atoms with Crippen molar-refractivity contribution in [2.75, 3.05) is 0 Å². The van der Waals surface area contributed by atoms with Crippen LogP contribution in [0.4, 0.5) is 4.39 Å². The summed E-state index contributed by atoms with van der Waals surface area (Å²) < 4.78 is 12.8. The standard InChI is InChI=1S/C15H15FN2OS/c1-10(12-3-5-13(16)6-4-12)7-15(19)18-9-14-8-17-11(2)20-14/h3-8H,9H2,1-2H3,(H,18,19). The van der Waals surface area contributed by atoms with Crippen LogP contribution in [0.15, 0.2) is 36.5 Å². The fraction of sp³-hybridized carbons (Fsp3) is 0.200. The molecule has 0 atom stereocenters. The van der Waals surface area contributed by atoms with E-state index >= 15 is 0 Å². The van der Waals surface area contributed by atoms with E-state index in [1.165, 1.54) is 18.2 Å². The van der Waals surface area contributed by atoms with Crippen LogP contribution < -0.4 is 5.32 Å². The molecule has 0 saturated carbocycles. The summed E-state index contributed by atoms with van der Waals surface area (Å²) in [5.74, 6) is -0.454. The van der Waals surface area contributed by atoms with Gasteiger partial charge >= 0.3 is 0 Å². The molecule has 5 heteroatoms. The van der Waals surface area contributed by atoms with E-state index in [1.807, 2.05) is 13.8 Å². The molecule has 0 radical (unpaired) electrons. The molecular formula is C15H15FN2OS. The predicted octanol–water partition coefficient (Wildman–Crippen LogP) is 3.31. The Hall–Kier alpha value is -2.01. The van der Waals surface area contributed by atoms with Crippen LogP contribution in [0.1, 0.15) is 22.4 Å². The molecule has 1 aromatic heterocycles. The number of thiazole rings is 1. The first kappa shape index (κ1) is 14.4. The molecule has 2 aromatic rings. The maximum absolute atomic E-state index is 12.8. The van der Waals surface area contributed by atoms with Gasteiger partial charge in [0.2, 0.25) is 5.91 Å². The molecule has 1 amide bonds. The number of hydrogen-bond donors (Lipinski definition) is 1. The van der Waals surface area contributed by atoms with Gasteiger partial charge in [-0.15, -0.1) is 11.3 Å². The van der Waals surface area contributed by atoms with Crippen LogP contribution in [0.2, 0.25) is 0 Å². The van der Waals surface area contributed by atoms with Gasteiger partial charge in [-0.25, -0.2) is 9.37 Å². The van der Waals surface area contributed by atoms with Crippen molar-refractivity contribution in [2.45, 2.75) is 20.4 Å².